The zero-order valence-corrected chi connectivity index (χ0v) is 28.6. The van der Waals surface area contributed by atoms with Crippen molar-refractivity contribution in [3.05, 3.63) is 72.4 Å². The average Bonchev–Trinajstić information content (AvgIpc) is 3.00. The minimum Gasteiger partial charge on any atom is -0.465 e. The summed E-state index contributed by atoms with van der Waals surface area (Å²) in [6, 6.07) is 19.7. The van der Waals surface area contributed by atoms with Gasteiger partial charge in [0, 0.05) is 43.0 Å². The standard InChI is InChI=1S/C38H48N4O6/c1-6-42(35(45)46)30-18-12-25(13-19-30)20-32(43)40-29-21-31(26-10-8-7-9-11-26)33(39-22-29)27-14-16-28(17-15-27)38(23-37(5,47)24-38)41-34(44)48-36(2,3)4/h7-11,14-17,21-22,25,30,47H,6,12-13,18-20,23-24H2,1-5H3,(H,40,43)(H,41,44)(H,45,46)/t25-,30-,37-,38-. The second-order valence-electron chi connectivity index (χ2n) is 14.6. The van der Waals surface area contributed by atoms with Crippen LogP contribution in [-0.4, -0.2) is 62.0 Å². The lowest BCUT2D eigenvalue weighted by molar-refractivity contribution is -0.117. The zero-order valence-electron chi connectivity index (χ0n) is 28.6. The van der Waals surface area contributed by atoms with Crippen LogP contribution in [0, 0.1) is 5.92 Å². The number of aromatic nitrogens is 1. The lowest BCUT2D eigenvalue weighted by Crippen LogP contribution is -2.62. The highest BCUT2D eigenvalue weighted by Gasteiger charge is 2.53. The first-order chi connectivity index (χ1) is 22.7. The molecule has 2 saturated carbocycles. The summed E-state index contributed by atoms with van der Waals surface area (Å²) in [6.45, 7) is 9.54. The minimum absolute atomic E-state index is 0.0152. The lowest BCUT2D eigenvalue weighted by atomic mass is 9.62. The number of rotatable bonds is 9. The molecule has 10 nitrogen and oxygen atoms in total. The van der Waals surface area contributed by atoms with Gasteiger partial charge in [0.25, 0.3) is 0 Å². The number of pyridine rings is 1. The highest BCUT2D eigenvalue weighted by Crippen LogP contribution is 2.49. The third kappa shape index (κ3) is 8.34. The Morgan fingerprint density at radius 2 is 1.62 bits per heavy atom. The van der Waals surface area contributed by atoms with Crippen LogP contribution in [0.4, 0.5) is 15.3 Å². The lowest BCUT2D eigenvalue weighted by Gasteiger charge is -2.52. The van der Waals surface area contributed by atoms with Crippen molar-refractivity contribution in [1.29, 1.82) is 0 Å². The fraction of sp³-hybridized carbons (Fsp3) is 0.474. The maximum absolute atomic E-state index is 13.1. The van der Waals surface area contributed by atoms with Crippen LogP contribution in [0.1, 0.15) is 85.1 Å². The van der Waals surface area contributed by atoms with Crippen LogP contribution in [0.15, 0.2) is 66.9 Å². The summed E-state index contributed by atoms with van der Waals surface area (Å²) in [7, 11) is 0. The molecule has 3 aromatic rings. The van der Waals surface area contributed by atoms with Gasteiger partial charge in [-0.3, -0.25) is 9.78 Å². The van der Waals surface area contributed by atoms with Crippen molar-refractivity contribution >= 4 is 23.8 Å². The van der Waals surface area contributed by atoms with Crippen molar-refractivity contribution in [1.82, 2.24) is 15.2 Å². The van der Waals surface area contributed by atoms with E-state index in [0.717, 1.165) is 53.6 Å². The predicted octanol–water partition coefficient (Wildman–Crippen LogP) is 7.57. The number of benzene rings is 2. The zero-order chi connectivity index (χ0) is 34.7. The Morgan fingerprint density at radius 3 is 2.19 bits per heavy atom. The number of aliphatic hydroxyl groups is 1. The molecule has 2 aliphatic rings. The molecule has 3 amide bonds. The van der Waals surface area contributed by atoms with E-state index in [-0.39, 0.29) is 17.9 Å². The Kier molecular flexibility index (Phi) is 10.1. The fourth-order valence-corrected chi connectivity index (χ4v) is 7.34. The first-order valence-corrected chi connectivity index (χ1v) is 16.9. The summed E-state index contributed by atoms with van der Waals surface area (Å²) in [5, 5.41) is 26.2. The van der Waals surface area contributed by atoms with Crippen LogP contribution in [0.2, 0.25) is 0 Å². The molecule has 10 heteroatoms. The number of nitrogens with zero attached hydrogens (tertiary/aromatic N) is 2. The molecule has 0 unspecified atom stereocenters. The molecule has 2 aromatic carbocycles. The molecular formula is C38H48N4O6. The first kappa shape index (κ1) is 34.9. The van der Waals surface area contributed by atoms with Gasteiger partial charge >= 0.3 is 12.2 Å². The van der Waals surface area contributed by atoms with Crippen LogP contribution in [0.25, 0.3) is 22.4 Å². The van der Waals surface area contributed by atoms with Gasteiger partial charge in [-0.05, 0) is 83.4 Å². The number of carbonyl (C=O) groups excluding carboxylic acids is 2. The van der Waals surface area contributed by atoms with E-state index >= 15 is 0 Å². The fourth-order valence-electron chi connectivity index (χ4n) is 7.34. The van der Waals surface area contributed by atoms with Gasteiger partial charge in [-0.15, -0.1) is 0 Å². The molecule has 0 atom stereocenters. The highest BCUT2D eigenvalue weighted by atomic mass is 16.6. The van der Waals surface area contributed by atoms with Gasteiger partial charge in [0.1, 0.15) is 5.60 Å². The number of carboxylic acid groups (broad SMARTS) is 1. The number of nitrogens with one attached hydrogen (secondary N) is 2. The van der Waals surface area contributed by atoms with Crippen molar-refractivity contribution in [2.45, 2.75) is 102 Å². The normalized spacial score (nSPS) is 23.8. The van der Waals surface area contributed by atoms with Gasteiger partial charge in [-0.1, -0.05) is 54.6 Å². The van der Waals surface area contributed by atoms with Gasteiger partial charge in [-0.2, -0.15) is 0 Å². The monoisotopic (exact) mass is 656 g/mol. The second-order valence-corrected chi connectivity index (χ2v) is 14.6. The summed E-state index contributed by atoms with van der Waals surface area (Å²) in [6.07, 6.45) is 4.53. The maximum Gasteiger partial charge on any atom is 0.408 e. The number of carbonyl (C=O) groups is 3. The molecule has 1 heterocycles. The molecule has 48 heavy (non-hydrogen) atoms. The van der Waals surface area contributed by atoms with Gasteiger partial charge < -0.3 is 30.5 Å². The van der Waals surface area contributed by atoms with E-state index in [1.807, 2.05) is 88.4 Å². The molecule has 4 N–H and O–H groups in total. The molecule has 0 saturated heterocycles. The molecular weight excluding hydrogens is 608 g/mol. The maximum atomic E-state index is 13.1. The van der Waals surface area contributed by atoms with Crippen LogP contribution >= 0.6 is 0 Å². The van der Waals surface area contributed by atoms with Crippen LogP contribution in [0.3, 0.4) is 0 Å². The van der Waals surface area contributed by atoms with Crippen molar-refractivity contribution < 1.29 is 29.3 Å². The van der Waals surface area contributed by atoms with Gasteiger partial charge in [0.2, 0.25) is 5.91 Å². The summed E-state index contributed by atoms with van der Waals surface area (Å²) >= 11 is 0. The largest absolute Gasteiger partial charge is 0.465 e. The van der Waals surface area contributed by atoms with Crippen molar-refractivity contribution in [2.75, 3.05) is 11.9 Å². The summed E-state index contributed by atoms with van der Waals surface area (Å²) in [4.78, 5) is 43.7. The smallest absolute Gasteiger partial charge is 0.408 e. The Balaban J connectivity index is 1.32. The Bertz CT molecular complexity index is 1600. The summed E-state index contributed by atoms with van der Waals surface area (Å²) < 4.78 is 5.53. The van der Waals surface area contributed by atoms with E-state index in [1.54, 1.807) is 13.1 Å². The SMILES string of the molecule is CCN(C(=O)O)[C@H]1CC[C@H](CC(=O)Nc2cnc(-c3ccc([C@]4(NC(=O)OC(C)(C)C)C[C@](C)(O)C4)cc3)c(-c3ccccc3)c2)CC1. The molecule has 0 bridgehead atoms. The van der Waals surface area contributed by atoms with E-state index in [9.17, 15) is 24.6 Å². The molecule has 5 rings (SSSR count). The van der Waals surface area contributed by atoms with Crippen molar-refractivity contribution in [3.8, 4) is 22.4 Å². The second kappa shape index (κ2) is 14.0. The van der Waals surface area contributed by atoms with Gasteiger partial charge in [-0.25, -0.2) is 9.59 Å². The van der Waals surface area contributed by atoms with E-state index in [1.165, 1.54) is 4.90 Å². The third-order valence-corrected chi connectivity index (χ3v) is 9.39. The quantitative estimate of drug-likeness (QED) is 0.186. The molecule has 0 aliphatic heterocycles. The van der Waals surface area contributed by atoms with Gasteiger partial charge in [0.05, 0.1) is 28.7 Å². The Hall–Kier alpha value is -4.44. The topological polar surface area (TPSA) is 141 Å². The highest BCUT2D eigenvalue weighted by molar-refractivity contribution is 5.93. The average molecular weight is 657 g/mol. The summed E-state index contributed by atoms with van der Waals surface area (Å²) in [5.74, 6) is 0.127. The van der Waals surface area contributed by atoms with Crippen LogP contribution < -0.4 is 10.6 Å². The number of ether oxygens (including phenoxy) is 1. The molecule has 0 radical (unpaired) electrons. The number of anilines is 1. The number of alkyl carbamates (subject to hydrolysis) is 1. The Labute approximate surface area is 282 Å². The minimum atomic E-state index is -0.897. The van der Waals surface area contributed by atoms with Crippen molar-refractivity contribution in [2.24, 2.45) is 5.92 Å². The van der Waals surface area contributed by atoms with E-state index in [2.05, 4.69) is 10.6 Å². The van der Waals surface area contributed by atoms with Gasteiger partial charge in [0.15, 0.2) is 0 Å². The molecule has 1 aromatic heterocycles. The van der Waals surface area contributed by atoms with Crippen molar-refractivity contribution in [3.63, 3.8) is 0 Å². The van der Waals surface area contributed by atoms with E-state index < -0.39 is 28.9 Å². The number of amides is 3. The molecule has 0 spiro atoms. The van der Waals surface area contributed by atoms with E-state index in [0.29, 0.717) is 31.5 Å². The van der Waals surface area contributed by atoms with E-state index in [4.69, 9.17) is 9.72 Å². The summed E-state index contributed by atoms with van der Waals surface area (Å²) in [5.41, 5.74) is 2.61. The molecule has 2 aliphatic carbocycles. The number of hydrogen-bond acceptors (Lipinski definition) is 6. The van der Waals surface area contributed by atoms with Crippen LogP contribution in [0.5, 0.6) is 0 Å². The van der Waals surface area contributed by atoms with Crippen LogP contribution in [-0.2, 0) is 15.1 Å². The first-order valence-electron chi connectivity index (χ1n) is 16.9. The molecule has 256 valence electrons. The Morgan fingerprint density at radius 1 is 0.979 bits per heavy atom. The third-order valence-electron chi connectivity index (χ3n) is 9.39. The predicted molar refractivity (Wildman–Crippen MR) is 185 cm³/mol. The number of hydrogen-bond donors (Lipinski definition) is 4. The molecule has 2 fully saturated rings.